The SMILES string of the molecule is C=C(C)/C=C(\C=C/C[C@H](CC)NC(=C)C(/C=C(/C(=C)C)n1nnc(C)c1C)=NC)C(=C)C.CC. The summed E-state index contributed by atoms with van der Waals surface area (Å²) in [4.78, 5) is 4.45. The lowest BCUT2D eigenvalue weighted by Gasteiger charge is -2.19. The molecule has 0 unspecified atom stereocenters. The average Bonchev–Trinajstić information content (AvgIpc) is 3.11. The number of aromatic nitrogens is 3. The highest BCUT2D eigenvalue weighted by Crippen LogP contribution is 2.18. The molecule has 1 rings (SSSR count). The summed E-state index contributed by atoms with van der Waals surface area (Å²) in [5, 5.41) is 11.9. The van der Waals surface area contributed by atoms with Gasteiger partial charge in [0.25, 0.3) is 0 Å². The standard InChI is InChI=1S/C27H39N5.C2H6/c1-12-25(15-13-14-24(19(4)5)16-18(2)3)29-22(9)26(28-11)17-27(20(6)7)32-23(10)21(8)30-31-32;1-2/h13-14,16-17,25,29H,2,4,6,9,12,15H2,1,3,5,7-8,10-11H3;1-2H3/b14-13-,24-16+,27-17-,28-26?;/t25-;/m0./s1. The van der Waals surface area contributed by atoms with Crippen LogP contribution in [0, 0.1) is 13.8 Å². The largest absolute Gasteiger partial charge is 0.381 e. The van der Waals surface area contributed by atoms with Gasteiger partial charge in [0.15, 0.2) is 0 Å². The van der Waals surface area contributed by atoms with Gasteiger partial charge in [-0.25, -0.2) is 4.68 Å². The molecule has 1 aromatic rings. The second-order valence-electron chi connectivity index (χ2n) is 8.18. The predicted octanol–water partition coefficient (Wildman–Crippen LogP) is 7.32. The highest BCUT2D eigenvalue weighted by atomic mass is 15.4. The quantitative estimate of drug-likeness (QED) is 0.261. The molecule has 34 heavy (non-hydrogen) atoms. The highest BCUT2D eigenvalue weighted by molar-refractivity contribution is 6.11. The van der Waals surface area contributed by atoms with Gasteiger partial charge in [0, 0.05) is 13.1 Å². The van der Waals surface area contributed by atoms with Crippen molar-refractivity contribution < 1.29 is 0 Å². The Hall–Kier alpha value is -3.21. The average molecular weight is 464 g/mol. The molecule has 0 radical (unpaired) electrons. The van der Waals surface area contributed by atoms with Crippen molar-refractivity contribution in [3.05, 3.63) is 90.0 Å². The first-order valence-electron chi connectivity index (χ1n) is 11.9. The summed E-state index contributed by atoms with van der Waals surface area (Å²) in [6.07, 6.45) is 10.1. The van der Waals surface area contributed by atoms with Crippen LogP contribution in [0.2, 0.25) is 0 Å². The number of aryl methyl sites for hydroxylation is 1. The zero-order valence-corrected chi connectivity index (χ0v) is 22.9. The normalized spacial score (nSPS) is 13.3. The minimum absolute atomic E-state index is 0.226. The Labute approximate surface area is 208 Å². The van der Waals surface area contributed by atoms with E-state index in [0.29, 0.717) is 0 Å². The number of hydrogen-bond donors (Lipinski definition) is 1. The van der Waals surface area contributed by atoms with Gasteiger partial charge < -0.3 is 5.32 Å². The van der Waals surface area contributed by atoms with Gasteiger partial charge in [-0.1, -0.05) is 81.7 Å². The molecule has 5 nitrogen and oxygen atoms in total. The Morgan fingerprint density at radius 2 is 1.68 bits per heavy atom. The summed E-state index contributed by atoms with van der Waals surface area (Å²) in [6.45, 7) is 32.4. The van der Waals surface area contributed by atoms with Crippen molar-refractivity contribution in [1.82, 2.24) is 20.3 Å². The van der Waals surface area contributed by atoms with Crippen LogP contribution in [-0.2, 0) is 0 Å². The summed E-state index contributed by atoms with van der Waals surface area (Å²) in [5.41, 5.74) is 8.21. The summed E-state index contributed by atoms with van der Waals surface area (Å²) < 4.78 is 1.79. The van der Waals surface area contributed by atoms with Gasteiger partial charge in [0.05, 0.1) is 28.5 Å². The number of rotatable bonds is 12. The first-order chi connectivity index (χ1) is 16.0. The highest BCUT2D eigenvalue weighted by Gasteiger charge is 2.14. The van der Waals surface area contributed by atoms with Crippen LogP contribution >= 0.6 is 0 Å². The minimum atomic E-state index is 0.226. The van der Waals surface area contributed by atoms with Crippen LogP contribution in [0.25, 0.3) is 5.70 Å². The second-order valence-corrected chi connectivity index (χ2v) is 8.18. The van der Waals surface area contributed by atoms with E-state index in [4.69, 9.17) is 0 Å². The first-order valence-corrected chi connectivity index (χ1v) is 11.9. The molecule has 186 valence electrons. The third kappa shape index (κ3) is 9.74. The summed E-state index contributed by atoms with van der Waals surface area (Å²) in [6, 6.07) is 0.226. The van der Waals surface area contributed by atoms with E-state index in [0.717, 1.165) is 63.6 Å². The topological polar surface area (TPSA) is 55.1 Å². The molecule has 5 heteroatoms. The van der Waals surface area contributed by atoms with Gasteiger partial charge in [0.2, 0.25) is 0 Å². The number of hydrogen-bond acceptors (Lipinski definition) is 4. The first kappa shape index (κ1) is 30.8. The Balaban J connectivity index is 0.00000529. The molecule has 0 spiro atoms. The van der Waals surface area contributed by atoms with Crippen molar-refractivity contribution in [2.24, 2.45) is 4.99 Å². The van der Waals surface area contributed by atoms with Crippen LogP contribution in [0.1, 0.15) is 65.8 Å². The van der Waals surface area contributed by atoms with E-state index >= 15 is 0 Å². The molecular weight excluding hydrogens is 418 g/mol. The molecule has 0 fully saturated rings. The van der Waals surface area contributed by atoms with Crippen molar-refractivity contribution in [3.8, 4) is 0 Å². The third-order valence-electron chi connectivity index (χ3n) is 5.10. The second kappa shape index (κ2) is 15.6. The van der Waals surface area contributed by atoms with Crippen molar-refractivity contribution in [2.75, 3.05) is 7.05 Å². The molecule has 1 N–H and O–H groups in total. The Kier molecular flexibility index (Phi) is 14.1. The van der Waals surface area contributed by atoms with Crippen LogP contribution in [0.15, 0.2) is 83.6 Å². The predicted molar refractivity (Wildman–Crippen MR) is 151 cm³/mol. The van der Waals surface area contributed by atoms with Crippen LogP contribution in [0.3, 0.4) is 0 Å². The molecule has 0 amide bonds. The van der Waals surface area contributed by atoms with E-state index < -0.39 is 0 Å². The monoisotopic (exact) mass is 463 g/mol. The maximum atomic E-state index is 4.45. The lowest BCUT2D eigenvalue weighted by molar-refractivity contribution is 0.566. The minimum Gasteiger partial charge on any atom is -0.381 e. The molecule has 1 aromatic heterocycles. The van der Waals surface area contributed by atoms with Gasteiger partial charge in [-0.2, -0.15) is 0 Å². The van der Waals surface area contributed by atoms with Gasteiger partial charge >= 0.3 is 0 Å². The van der Waals surface area contributed by atoms with Gasteiger partial charge in [-0.3, -0.25) is 4.99 Å². The van der Waals surface area contributed by atoms with Crippen molar-refractivity contribution >= 4 is 11.4 Å². The number of allylic oxidation sites excluding steroid dienone is 8. The van der Waals surface area contributed by atoms with E-state index in [2.05, 4.69) is 66.0 Å². The molecule has 0 bridgehead atoms. The van der Waals surface area contributed by atoms with E-state index in [1.54, 1.807) is 11.7 Å². The zero-order valence-electron chi connectivity index (χ0n) is 22.9. The molecule has 0 aliphatic heterocycles. The van der Waals surface area contributed by atoms with Crippen molar-refractivity contribution in [1.29, 1.82) is 0 Å². The van der Waals surface area contributed by atoms with E-state index in [-0.39, 0.29) is 6.04 Å². The number of nitrogens with zero attached hydrogens (tertiary/aromatic N) is 4. The van der Waals surface area contributed by atoms with Crippen molar-refractivity contribution in [2.45, 2.75) is 74.3 Å². The molecule has 0 saturated carbocycles. The van der Waals surface area contributed by atoms with E-state index in [9.17, 15) is 0 Å². The van der Waals surface area contributed by atoms with Crippen LogP contribution in [-0.4, -0.2) is 33.8 Å². The van der Waals surface area contributed by atoms with E-state index in [1.807, 2.05) is 60.6 Å². The summed E-state index contributed by atoms with van der Waals surface area (Å²) >= 11 is 0. The smallest absolute Gasteiger partial charge is 0.0830 e. The molecule has 0 saturated heterocycles. The van der Waals surface area contributed by atoms with Crippen LogP contribution in [0.4, 0.5) is 0 Å². The van der Waals surface area contributed by atoms with Gasteiger partial charge in [-0.05, 0) is 64.7 Å². The fourth-order valence-electron chi connectivity index (χ4n) is 3.00. The number of nitrogens with one attached hydrogen (secondary N) is 1. The molecule has 0 aromatic carbocycles. The molecule has 0 aliphatic rings. The Morgan fingerprint density at radius 3 is 2.09 bits per heavy atom. The summed E-state index contributed by atoms with van der Waals surface area (Å²) in [5.74, 6) is 0. The third-order valence-corrected chi connectivity index (χ3v) is 5.10. The Bertz CT molecular complexity index is 996. The molecule has 1 atom stereocenters. The molecular formula is C29H45N5. The molecule has 0 aliphatic carbocycles. The van der Waals surface area contributed by atoms with Crippen LogP contribution < -0.4 is 5.32 Å². The fraction of sp³-hybridized carbons (Fsp3) is 0.414. The molecule has 1 heterocycles. The lowest BCUT2D eigenvalue weighted by Crippen LogP contribution is -2.30. The summed E-state index contributed by atoms with van der Waals surface area (Å²) in [7, 11) is 1.76. The van der Waals surface area contributed by atoms with E-state index in [1.165, 1.54) is 0 Å². The maximum Gasteiger partial charge on any atom is 0.0830 e. The van der Waals surface area contributed by atoms with Gasteiger partial charge in [-0.15, -0.1) is 5.10 Å². The Morgan fingerprint density at radius 1 is 1.06 bits per heavy atom. The zero-order chi connectivity index (χ0) is 26.4. The lowest BCUT2D eigenvalue weighted by atomic mass is 10.0. The van der Waals surface area contributed by atoms with Crippen molar-refractivity contribution in [3.63, 3.8) is 0 Å². The maximum absolute atomic E-state index is 4.45. The fourth-order valence-corrected chi connectivity index (χ4v) is 3.00. The number of aliphatic imine (C=N–C) groups is 1. The van der Waals surface area contributed by atoms with Crippen LogP contribution in [0.5, 0.6) is 0 Å². The van der Waals surface area contributed by atoms with Gasteiger partial charge in [0.1, 0.15) is 0 Å².